The van der Waals surface area contributed by atoms with Crippen LogP contribution in [0, 0.1) is 0 Å². The molecule has 0 unspecified atom stereocenters. The van der Waals surface area contributed by atoms with E-state index in [1.54, 1.807) is 31.3 Å². The summed E-state index contributed by atoms with van der Waals surface area (Å²) in [5.74, 6) is -0.732. The summed E-state index contributed by atoms with van der Waals surface area (Å²) in [6.07, 6.45) is 0. The molecule has 7 nitrogen and oxygen atoms in total. The zero-order valence-corrected chi connectivity index (χ0v) is 15.4. The molecule has 0 spiro atoms. The SMILES string of the molecule is CN(Cc1ccccc1)C(=O)Cn1nc(C(=O)Nc2ccccc2)ccc1=O. The Kier molecular flexibility index (Phi) is 5.96. The van der Waals surface area contributed by atoms with Gasteiger partial charge in [-0.15, -0.1) is 0 Å². The van der Waals surface area contributed by atoms with Crippen molar-refractivity contribution in [1.29, 1.82) is 0 Å². The first-order chi connectivity index (χ1) is 13.5. The number of likely N-dealkylation sites (N-methyl/N-ethyl adjacent to an activating group) is 1. The van der Waals surface area contributed by atoms with E-state index in [0.29, 0.717) is 12.2 Å². The third-order valence-corrected chi connectivity index (χ3v) is 4.10. The van der Waals surface area contributed by atoms with E-state index in [2.05, 4.69) is 10.4 Å². The van der Waals surface area contributed by atoms with Crippen molar-refractivity contribution in [3.63, 3.8) is 0 Å². The van der Waals surface area contributed by atoms with E-state index in [-0.39, 0.29) is 18.1 Å². The molecule has 7 heteroatoms. The van der Waals surface area contributed by atoms with Gasteiger partial charge in [-0.05, 0) is 23.8 Å². The first kappa shape index (κ1) is 19.0. The van der Waals surface area contributed by atoms with E-state index in [4.69, 9.17) is 0 Å². The van der Waals surface area contributed by atoms with E-state index in [0.717, 1.165) is 10.2 Å². The van der Waals surface area contributed by atoms with E-state index in [1.165, 1.54) is 17.0 Å². The number of nitrogens with one attached hydrogen (secondary N) is 1. The minimum Gasteiger partial charge on any atom is -0.340 e. The molecule has 0 aliphatic heterocycles. The second-order valence-electron chi connectivity index (χ2n) is 6.27. The summed E-state index contributed by atoms with van der Waals surface area (Å²) in [6, 6.07) is 21.0. The summed E-state index contributed by atoms with van der Waals surface area (Å²) in [7, 11) is 1.66. The molecule has 0 saturated carbocycles. The van der Waals surface area contributed by atoms with Crippen molar-refractivity contribution >= 4 is 17.5 Å². The topological polar surface area (TPSA) is 84.3 Å². The Labute approximate surface area is 162 Å². The molecule has 142 valence electrons. The van der Waals surface area contributed by atoms with Crippen LogP contribution in [-0.4, -0.2) is 33.5 Å². The minimum atomic E-state index is -0.454. The van der Waals surface area contributed by atoms with Gasteiger partial charge in [0.2, 0.25) is 5.91 Å². The van der Waals surface area contributed by atoms with Gasteiger partial charge in [0, 0.05) is 25.3 Å². The summed E-state index contributed by atoms with van der Waals surface area (Å²) in [5.41, 5.74) is 1.21. The Hall–Kier alpha value is -3.74. The van der Waals surface area contributed by atoms with Crippen LogP contribution in [0.3, 0.4) is 0 Å². The summed E-state index contributed by atoms with van der Waals surface area (Å²) in [5, 5.41) is 6.74. The summed E-state index contributed by atoms with van der Waals surface area (Å²) in [6.45, 7) is 0.178. The summed E-state index contributed by atoms with van der Waals surface area (Å²) < 4.78 is 1.00. The maximum absolute atomic E-state index is 12.5. The van der Waals surface area contributed by atoms with Gasteiger partial charge in [-0.25, -0.2) is 4.68 Å². The highest BCUT2D eigenvalue weighted by atomic mass is 16.2. The molecule has 1 aromatic heterocycles. The maximum Gasteiger partial charge on any atom is 0.276 e. The zero-order chi connectivity index (χ0) is 19.9. The van der Waals surface area contributed by atoms with E-state index in [1.807, 2.05) is 36.4 Å². The molecule has 2 aromatic carbocycles. The largest absolute Gasteiger partial charge is 0.340 e. The lowest BCUT2D eigenvalue weighted by Gasteiger charge is -2.17. The third kappa shape index (κ3) is 4.91. The normalized spacial score (nSPS) is 10.3. The van der Waals surface area contributed by atoms with Crippen molar-refractivity contribution in [2.75, 3.05) is 12.4 Å². The van der Waals surface area contributed by atoms with Crippen molar-refractivity contribution < 1.29 is 9.59 Å². The number of hydrogen-bond donors (Lipinski definition) is 1. The zero-order valence-electron chi connectivity index (χ0n) is 15.4. The number of carbonyl (C=O) groups excluding carboxylic acids is 2. The van der Waals surface area contributed by atoms with Crippen molar-refractivity contribution in [2.24, 2.45) is 0 Å². The van der Waals surface area contributed by atoms with Crippen molar-refractivity contribution in [3.05, 3.63) is 94.4 Å². The van der Waals surface area contributed by atoms with Crippen LogP contribution in [0.5, 0.6) is 0 Å². The molecule has 0 radical (unpaired) electrons. The number of carbonyl (C=O) groups is 2. The molecule has 2 amide bonds. The van der Waals surface area contributed by atoms with Gasteiger partial charge < -0.3 is 10.2 Å². The van der Waals surface area contributed by atoms with Crippen molar-refractivity contribution in [3.8, 4) is 0 Å². The van der Waals surface area contributed by atoms with Crippen molar-refractivity contribution in [1.82, 2.24) is 14.7 Å². The van der Waals surface area contributed by atoms with E-state index in [9.17, 15) is 14.4 Å². The molecule has 0 aliphatic carbocycles. The van der Waals surface area contributed by atoms with Crippen LogP contribution >= 0.6 is 0 Å². The van der Waals surface area contributed by atoms with Crippen LogP contribution in [0.1, 0.15) is 16.1 Å². The highest BCUT2D eigenvalue weighted by Gasteiger charge is 2.14. The predicted molar refractivity (Wildman–Crippen MR) is 106 cm³/mol. The number of nitrogens with zero attached hydrogens (tertiary/aromatic N) is 3. The highest BCUT2D eigenvalue weighted by Crippen LogP contribution is 2.07. The molecule has 0 atom stereocenters. The lowest BCUT2D eigenvalue weighted by molar-refractivity contribution is -0.131. The fraction of sp³-hybridized carbons (Fsp3) is 0.143. The van der Waals surface area contributed by atoms with Crippen LogP contribution in [0.15, 0.2) is 77.6 Å². The van der Waals surface area contributed by atoms with Gasteiger partial charge in [0.15, 0.2) is 0 Å². The molecule has 3 rings (SSSR count). The molecule has 1 heterocycles. The number of para-hydroxylation sites is 1. The lowest BCUT2D eigenvalue weighted by Crippen LogP contribution is -2.35. The number of benzene rings is 2. The number of anilines is 1. The van der Waals surface area contributed by atoms with Gasteiger partial charge in [-0.1, -0.05) is 48.5 Å². The van der Waals surface area contributed by atoms with Gasteiger partial charge in [0.05, 0.1) is 0 Å². The number of amides is 2. The molecule has 28 heavy (non-hydrogen) atoms. The van der Waals surface area contributed by atoms with Crippen LogP contribution in [-0.2, 0) is 17.9 Å². The monoisotopic (exact) mass is 376 g/mol. The average molecular weight is 376 g/mol. The van der Waals surface area contributed by atoms with Gasteiger partial charge in [-0.3, -0.25) is 14.4 Å². The molecular formula is C21H20N4O3. The van der Waals surface area contributed by atoms with Gasteiger partial charge in [0.1, 0.15) is 12.2 Å². The minimum absolute atomic E-state index is 0.0574. The standard InChI is InChI=1S/C21H20N4O3/c1-24(14-16-8-4-2-5-9-16)20(27)15-25-19(26)13-12-18(23-25)21(28)22-17-10-6-3-7-11-17/h2-13H,14-15H2,1H3,(H,22,28). The lowest BCUT2D eigenvalue weighted by atomic mass is 10.2. The van der Waals surface area contributed by atoms with Gasteiger partial charge in [0.25, 0.3) is 11.5 Å². The predicted octanol–water partition coefficient (Wildman–Crippen LogP) is 2.15. The second-order valence-corrected chi connectivity index (χ2v) is 6.27. The fourth-order valence-corrected chi connectivity index (χ4v) is 2.59. The smallest absolute Gasteiger partial charge is 0.276 e. The molecule has 0 saturated heterocycles. The quantitative estimate of drug-likeness (QED) is 0.714. The summed E-state index contributed by atoms with van der Waals surface area (Å²) in [4.78, 5) is 38.4. The first-order valence-corrected chi connectivity index (χ1v) is 8.75. The van der Waals surface area contributed by atoms with E-state index >= 15 is 0 Å². The van der Waals surface area contributed by atoms with Crippen molar-refractivity contribution in [2.45, 2.75) is 13.1 Å². The molecular weight excluding hydrogens is 356 g/mol. The van der Waals surface area contributed by atoms with Crippen LogP contribution in [0.2, 0.25) is 0 Å². The maximum atomic E-state index is 12.5. The average Bonchev–Trinajstić information content (AvgIpc) is 2.71. The molecule has 0 aliphatic rings. The van der Waals surface area contributed by atoms with Gasteiger partial charge in [-0.2, -0.15) is 5.10 Å². The number of aromatic nitrogens is 2. The molecule has 1 N–H and O–H groups in total. The fourth-order valence-electron chi connectivity index (χ4n) is 2.59. The molecule has 0 fully saturated rings. The number of hydrogen-bond acceptors (Lipinski definition) is 4. The first-order valence-electron chi connectivity index (χ1n) is 8.75. The van der Waals surface area contributed by atoms with Crippen LogP contribution in [0.4, 0.5) is 5.69 Å². The Morgan fingerprint density at radius 1 is 0.964 bits per heavy atom. The van der Waals surface area contributed by atoms with Crippen LogP contribution in [0.25, 0.3) is 0 Å². The highest BCUT2D eigenvalue weighted by molar-refractivity contribution is 6.02. The summed E-state index contributed by atoms with van der Waals surface area (Å²) >= 11 is 0. The van der Waals surface area contributed by atoms with Gasteiger partial charge >= 0.3 is 0 Å². The molecule has 3 aromatic rings. The Morgan fingerprint density at radius 2 is 1.61 bits per heavy atom. The Morgan fingerprint density at radius 3 is 2.29 bits per heavy atom. The Bertz CT molecular complexity index is 1020. The second kappa shape index (κ2) is 8.77. The van der Waals surface area contributed by atoms with Crippen LogP contribution < -0.4 is 10.9 Å². The third-order valence-electron chi connectivity index (χ3n) is 4.10. The number of rotatable bonds is 6. The Balaban J connectivity index is 1.70. The molecule has 0 bridgehead atoms. The van der Waals surface area contributed by atoms with E-state index < -0.39 is 11.5 Å².